The van der Waals surface area contributed by atoms with E-state index in [9.17, 15) is 4.79 Å². The molecule has 5 heteroatoms. The van der Waals surface area contributed by atoms with Crippen LogP contribution in [0.4, 0.5) is 5.82 Å². The number of hydrogen-bond donors (Lipinski definition) is 1. The molecule has 1 aromatic carbocycles. The number of hydrogen-bond acceptors (Lipinski definition) is 2. The van der Waals surface area contributed by atoms with Gasteiger partial charge in [0.05, 0.1) is 11.1 Å². The summed E-state index contributed by atoms with van der Waals surface area (Å²) < 4.78 is 2.73. The fourth-order valence-corrected chi connectivity index (χ4v) is 2.77. The van der Waals surface area contributed by atoms with Gasteiger partial charge in [-0.1, -0.05) is 28.1 Å². The van der Waals surface area contributed by atoms with Crippen LogP contribution in [0.3, 0.4) is 0 Å². The Morgan fingerprint density at radius 1 is 1.35 bits per heavy atom. The third kappa shape index (κ3) is 2.26. The van der Waals surface area contributed by atoms with Crippen LogP contribution in [0.15, 0.2) is 34.8 Å². The molecule has 1 amide bonds. The second kappa shape index (κ2) is 4.74. The minimum Gasteiger partial charge on any atom is -0.310 e. The summed E-state index contributed by atoms with van der Waals surface area (Å²) >= 11 is 3.42. The second-order valence-corrected chi connectivity index (χ2v) is 6.25. The molecule has 1 heterocycles. The van der Waals surface area contributed by atoms with E-state index in [-0.39, 0.29) is 11.3 Å². The fraction of sp³-hybridized carbons (Fsp3) is 0.333. The van der Waals surface area contributed by atoms with Crippen LogP contribution in [0.25, 0.3) is 0 Å². The van der Waals surface area contributed by atoms with Gasteiger partial charge in [-0.15, -0.1) is 0 Å². The van der Waals surface area contributed by atoms with Gasteiger partial charge in [0.15, 0.2) is 0 Å². The van der Waals surface area contributed by atoms with Gasteiger partial charge in [0.25, 0.3) is 0 Å². The molecule has 0 spiro atoms. The summed E-state index contributed by atoms with van der Waals surface area (Å²) in [7, 11) is 1.84. The summed E-state index contributed by atoms with van der Waals surface area (Å²) in [4.78, 5) is 12.6. The standard InChI is InChI=1S/C15H16BrN3O/c1-10-9-13(19(2)18-10)17-14(20)15(7-8-15)11-3-5-12(16)6-4-11/h3-6,9H,7-8H2,1-2H3,(H,17,20). The minimum absolute atomic E-state index is 0.0582. The number of aryl methyl sites for hydroxylation is 2. The van der Waals surface area contributed by atoms with Crippen molar-refractivity contribution in [3.63, 3.8) is 0 Å². The van der Waals surface area contributed by atoms with Crippen molar-refractivity contribution in [1.29, 1.82) is 0 Å². The van der Waals surface area contributed by atoms with E-state index in [4.69, 9.17) is 0 Å². The summed E-state index contributed by atoms with van der Waals surface area (Å²) in [6.45, 7) is 1.91. The van der Waals surface area contributed by atoms with E-state index in [0.29, 0.717) is 0 Å². The zero-order valence-electron chi connectivity index (χ0n) is 11.5. The highest BCUT2D eigenvalue weighted by Crippen LogP contribution is 2.49. The number of aromatic nitrogens is 2. The molecule has 1 fully saturated rings. The smallest absolute Gasteiger partial charge is 0.236 e. The van der Waals surface area contributed by atoms with Crippen molar-refractivity contribution in [2.75, 3.05) is 5.32 Å². The van der Waals surface area contributed by atoms with Crippen LogP contribution in [-0.2, 0) is 17.3 Å². The number of carbonyl (C=O) groups is 1. The van der Waals surface area contributed by atoms with E-state index in [1.165, 1.54) is 0 Å². The van der Waals surface area contributed by atoms with Crippen molar-refractivity contribution in [1.82, 2.24) is 9.78 Å². The van der Waals surface area contributed by atoms with E-state index >= 15 is 0 Å². The Morgan fingerprint density at radius 2 is 2.00 bits per heavy atom. The van der Waals surface area contributed by atoms with Gasteiger partial charge in [-0.25, -0.2) is 0 Å². The van der Waals surface area contributed by atoms with Crippen LogP contribution in [0, 0.1) is 6.92 Å². The molecule has 20 heavy (non-hydrogen) atoms. The molecule has 104 valence electrons. The Morgan fingerprint density at radius 3 is 2.50 bits per heavy atom. The molecule has 0 saturated heterocycles. The number of halogens is 1. The second-order valence-electron chi connectivity index (χ2n) is 5.34. The van der Waals surface area contributed by atoms with Gasteiger partial charge in [0, 0.05) is 17.6 Å². The molecule has 2 aromatic rings. The van der Waals surface area contributed by atoms with Crippen molar-refractivity contribution in [3.8, 4) is 0 Å². The maximum atomic E-state index is 12.6. The largest absolute Gasteiger partial charge is 0.310 e. The molecule has 1 N–H and O–H groups in total. The van der Waals surface area contributed by atoms with Gasteiger partial charge in [-0.2, -0.15) is 5.10 Å². The summed E-state index contributed by atoms with van der Waals surface area (Å²) in [5.41, 5.74) is 1.62. The Bertz CT molecular complexity index is 656. The zero-order valence-corrected chi connectivity index (χ0v) is 13.1. The molecule has 0 aliphatic heterocycles. The quantitative estimate of drug-likeness (QED) is 0.937. The molecule has 0 radical (unpaired) electrons. The molecule has 0 atom stereocenters. The van der Waals surface area contributed by atoms with E-state index in [2.05, 4.69) is 26.3 Å². The maximum Gasteiger partial charge on any atom is 0.236 e. The highest BCUT2D eigenvalue weighted by molar-refractivity contribution is 9.10. The fourth-order valence-electron chi connectivity index (χ4n) is 2.50. The van der Waals surface area contributed by atoms with E-state index in [0.717, 1.165) is 34.4 Å². The van der Waals surface area contributed by atoms with Crippen LogP contribution in [-0.4, -0.2) is 15.7 Å². The Hall–Kier alpha value is -1.62. The van der Waals surface area contributed by atoms with Crippen LogP contribution >= 0.6 is 15.9 Å². The van der Waals surface area contributed by atoms with Gasteiger partial charge in [0.2, 0.25) is 5.91 Å². The van der Waals surface area contributed by atoms with Crippen molar-refractivity contribution < 1.29 is 4.79 Å². The van der Waals surface area contributed by atoms with Crippen LogP contribution in [0.2, 0.25) is 0 Å². The van der Waals surface area contributed by atoms with Crippen molar-refractivity contribution in [3.05, 3.63) is 46.1 Å². The first kappa shape index (κ1) is 13.4. The van der Waals surface area contributed by atoms with Gasteiger partial charge in [0.1, 0.15) is 5.82 Å². The first-order valence-electron chi connectivity index (χ1n) is 6.59. The molecule has 1 aliphatic rings. The SMILES string of the molecule is Cc1cc(NC(=O)C2(c3ccc(Br)cc3)CC2)n(C)n1. The number of amides is 1. The number of nitrogens with zero attached hydrogens (tertiary/aromatic N) is 2. The average Bonchev–Trinajstić information content (AvgIpc) is 3.14. The lowest BCUT2D eigenvalue weighted by Gasteiger charge is -2.15. The Labute approximate surface area is 126 Å². The summed E-state index contributed by atoms with van der Waals surface area (Å²) in [5.74, 6) is 0.804. The summed E-state index contributed by atoms with van der Waals surface area (Å²) in [6, 6.07) is 9.89. The molecule has 1 saturated carbocycles. The predicted molar refractivity (Wildman–Crippen MR) is 81.6 cm³/mol. The first-order valence-corrected chi connectivity index (χ1v) is 7.39. The first-order chi connectivity index (χ1) is 9.51. The van der Waals surface area contributed by atoms with E-state index in [1.807, 2.05) is 44.3 Å². The van der Waals surface area contributed by atoms with Crippen LogP contribution in [0.5, 0.6) is 0 Å². The molecular weight excluding hydrogens is 318 g/mol. The van der Waals surface area contributed by atoms with Crippen LogP contribution < -0.4 is 5.32 Å². The highest BCUT2D eigenvalue weighted by atomic mass is 79.9. The third-order valence-electron chi connectivity index (χ3n) is 3.83. The zero-order chi connectivity index (χ0) is 14.3. The normalized spacial score (nSPS) is 15.9. The lowest BCUT2D eigenvalue weighted by Crippen LogP contribution is -2.28. The van der Waals surface area contributed by atoms with Crippen LogP contribution in [0.1, 0.15) is 24.1 Å². The Balaban J connectivity index is 1.83. The van der Waals surface area contributed by atoms with Crippen molar-refractivity contribution in [2.24, 2.45) is 7.05 Å². The maximum absolute atomic E-state index is 12.6. The lowest BCUT2D eigenvalue weighted by atomic mass is 9.95. The monoisotopic (exact) mass is 333 g/mol. The number of carbonyl (C=O) groups excluding carboxylic acids is 1. The molecule has 4 nitrogen and oxygen atoms in total. The predicted octanol–water partition coefficient (Wildman–Crippen LogP) is 3.16. The molecule has 1 aromatic heterocycles. The lowest BCUT2D eigenvalue weighted by molar-refractivity contribution is -0.118. The molecule has 1 aliphatic carbocycles. The number of benzene rings is 1. The third-order valence-corrected chi connectivity index (χ3v) is 4.35. The number of nitrogens with one attached hydrogen (secondary N) is 1. The van der Waals surface area contributed by atoms with Gasteiger partial charge in [-0.3, -0.25) is 9.48 Å². The van der Waals surface area contributed by atoms with Gasteiger partial charge >= 0.3 is 0 Å². The average molecular weight is 334 g/mol. The molecule has 3 rings (SSSR count). The van der Waals surface area contributed by atoms with E-state index in [1.54, 1.807) is 4.68 Å². The summed E-state index contributed by atoms with van der Waals surface area (Å²) in [5, 5.41) is 7.24. The minimum atomic E-state index is -0.362. The van der Waals surface area contributed by atoms with Gasteiger partial charge < -0.3 is 5.32 Å². The van der Waals surface area contributed by atoms with Crippen molar-refractivity contribution >= 4 is 27.7 Å². The highest BCUT2D eigenvalue weighted by Gasteiger charge is 2.51. The Kier molecular flexibility index (Phi) is 3.17. The van der Waals surface area contributed by atoms with Crippen molar-refractivity contribution in [2.45, 2.75) is 25.2 Å². The number of rotatable bonds is 3. The molecule has 0 bridgehead atoms. The number of anilines is 1. The summed E-state index contributed by atoms with van der Waals surface area (Å²) in [6.07, 6.45) is 1.80. The molecule has 0 unspecified atom stereocenters. The molecular formula is C15H16BrN3O. The topological polar surface area (TPSA) is 46.9 Å². The van der Waals surface area contributed by atoms with Gasteiger partial charge in [-0.05, 0) is 37.5 Å². The van der Waals surface area contributed by atoms with E-state index < -0.39 is 0 Å².